The van der Waals surface area contributed by atoms with Crippen LogP contribution in [0.2, 0.25) is 0 Å². The third kappa shape index (κ3) is 8.15. The second-order valence-electron chi connectivity index (χ2n) is 20.3. The highest BCUT2D eigenvalue weighted by molar-refractivity contribution is 6.15. The van der Waals surface area contributed by atoms with Gasteiger partial charge < -0.3 is 20.1 Å². The molecule has 8 heterocycles. The quantitative estimate of drug-likeness (QED) is 0.156. The van der Waals surface area contributed by atoms with E-state index in [2.05, 4.69) is 61.7 Å². The van der Waals surface area contributed by atoms with Crippen LogP contribution in [-0.4, -0.2) is 123 Å². The molecule has 1 spiro atoms. The summed E-state index contributed by atoms with van der Waals surface area (Å²) in [4.78, 5) is 71.8. The fourth-order valence-electron chi connectivity index (χ4n) is 12.0. The summed E-state index contributed by atoms with van der Waals surface area (Å²) in [5, 5.41) is 3.47. The van der Waals surface area contributed by atoms with Gasteiger partial charge in [-0.2, -0.15) is 0 Å². The highest BCUT2D eigenvalue weighted by Crippen LogP contribution is 2.58. The first-order valence-corrected chi connectivity index (χ1v) is 24.7. The van der Waals surface area contributed by atoms with Crippen molar-refractivity contribution < 1.29 is 23.6 Å². The Morgan fingerprint density at radius 2 is 1.60 bits per heavy atom. The number of hydrogen-bond donors (Lipinski definition) is 2. The summed E-state index contributed by atoms with van der Waals surface area (Å²) in [7, 11) is 2.11. The maximum Gasteiger partial charge on any atom is 0.253 e. The van der Waals surface area contributed by atoms with Gasteiger partial charge in [0.25, 0.3) is 5.91 Å². The molecule has 0 radical (unpaired) electrons. The SMILES string of the molecule is C[C@@H](c1cc2c(-c3ccc(N)nc3)ccnc2n1C)N1CCC(c2ccc(C(=O)N3CCC(CN4CCN(Cc5cc6c(cc5F)N(C5CCC(=O)NC5=O)C(=O)C65CC5)CC4)CC3)cc2)CC1. The first-order valence-electron chi connectivity index (χ1n) is 24.7. The van der Waals surface area contributed by atoms with Gasteiger partial charge in [0.2, 0.25) is 17.7 Å². The van der Waals surface area contributed by atoms with Crippen molar-refractivity contribution >= 4 is 46.2 Å². The van der Waals surface area contributed by atoms with Crippen LogP contribution in [0.5, 0.6) is 0 Å². The van der Waals surface area contributed by atoms with Crippen molar-refractivity contribution in [3.63, 3.8) is 0 Å². The lowest BCUT2D eigenvalue weighted by Crippen LogP contribution is -2.54. The molecule has 354 valence electrons. The number of carbonyl (C=O) groups excluding carboxylic acids is 4. The predicted octanol–water partition coefficient (Wildman–Crippen LogP) is 6.15. The summed E-state index contributed by atoms with van der Waals surface area (Å²) in [6.07, 6.45) is 9.56. The minimum absolute atomic E-state index is 0.118. The number of likely N-dealkylation sites (tertiary alicyclic amines) is 2. The Kier molecular flexibility index (Phi) is 11.6. The smallest absolute Gasteiger partial charge is 0.253 e. The minimum Gasteiger partial charge on any atom is -0.384 e. The van der Waals surface area contributed by atoms with Gasteiger partial charge in [-0.3, -0.25) is 39.2 Å². The number of rotatable bonds is 10. The van der Waals surface area contributed by atoms with Crippen molar-refractivity contribution in [3.8, 4) is 11.1 Å². The number of aromatic nitrogens is 3. The number of nitrogens with two attached hydrogens (primary N) is 1. The zero-order chi connectivity index (χ0) is 46.8. The zero-order valence-electron chi connectivity index (χ0n) is 39.1. The van der Waals surface area contributed by atoms with Crippen LogP contribution in [0.1, 0.15) is 103 Å². The van der Waals surface area contributed by atoms with Gasteiger partial charge in [0, 0.05) is 112 Å². The number of nitrogens with zero attached hydrogens (tertiary/aromatic N) is 8. The van der Waals surface area contributed by atoms with E-state index in [1.807, 2.05) is 53.7 Å². The third-order valence-electron chi connectivity index (χ3n) is 16.3. The number of piperazine rings is 1. The molecular weight excluding hydrogens is 860 g/mol. The molecule has 1 unspecified atom stereocenters. The van der Waals surface area contributed by atoms with Crippen LogP contribution in [0, 0.1) is 11.7 Å². The van der Waals surface area contributed by atoms with Crippen molar-refractivity contribution in [1.82, 2.24) is 39.5 Å². The van der Waals surface area contributed by atoms with Gasteiger partial charge in [0.1, 0.15) is 23.3 Å². The van der Waals surface area contributed by atoms with E-state index in [1.165, 1.54) is 22.2 Å². The minimum atomic E-state index is -0.795. The van der Waals surface area contributed by atoms with Gasteiger partial charge in [-0.1, -0.05) is 12.1 Å². The Morgan fingerprint density at radius 3 is 2.29 bits per heavy atom. The van der Waals surface area contributed by atoms with Crippen LogP contribution in [0.15, 0.2) is 73.1 Å². The Hall–Kier alpha value is -6.03. The average molecular weight is 921 g/mol. The number of aryl methyl sites for hydroxylation is 1. The van der Waals surface area contributed by atoms with E-state index in [9.17, 15) is 19.2 Å². The van der Waals surface area contributed by atoms with Gasteiger partial charge in [-0.15, -0.1) is 0 Å². The summed E-state index contributed by atoms with van der Waals surface area (Å²) < 4.78 is 18.0. The number of halogens is 1. The second-order valence-corrected chi connectivity index (χ2v) is 20.3. The molecule has 2 aromatic carbocycles. The number of nitrogen functional groups attached to an aromatic ring is 1. The van der Waals surface area contributed by atoms with Gasteiger partial charge >= 0.3 is 0 Å². The number of hydrogen-bond acceptors (Lipinski definition) is 10. The number of pyridine rings is 2. The van der Waals surface area contributed by atoms with E-state index in [1.54, 1.807) is 0 Å². The monoisotopic (exact) mass is 920 g/mol. The molecule has 68 heavy (non-hydrogen) atoms. The number of imide groups is 1. The van der Waals surface area contributed by atoms with Gasteiger partial charge in [-0.25, -0.2) is 14.4 Å². The maximum absolute atomic E-state index is 15.8. The van der Waals surface area contributed by atoms with Crippen LogP contribution in [0.4, 0.5) is 15.9 Å². The van der Waals surface area contributed by atoms with Crippen molar-refractivity contribution in [1.29, 1.82) is 0 Å². The molecule has 3 N–H and O–H groups in total. The summed E-state index contributed by atoms with van der Waals surface area (Å²) in [5.41, 5.74) is 13.5. The Bertz CT molecular complexity index is 2770. The number of fused-ring (bicyclic) bond motifs is 3. The maximum atomic E-state index is 15.8. The molecule has 2 atom stereocenters. The molecule has 1 aliphatic carbocycles. The van der Waals surface area contributed by atoms with E-state index in [4.69, 9.17) is 10.7 Å². The van der Waals surface area contributed by atoms with E-state index in [-0.39, 0.29) is 42.4 Å². The Labute approximate surface area is 396 Å². The summed E-state index contributed by atoms with van der Waals surface area (Å²) in [6.45, 7) is 10.7. The van der Waals surface area contributed by atoms with E-state index >= 15 is 4.39 Å². The van der Waals surface area contributed by atoms with Crippen molar-refractivity contribution in [2.24, 2.45) is 13.0 Å². The van der Waals surface area contributed by atoms with Crippen LogP contribution in [-0.2, 0) is 33.4 Å². The molecule has 14 nitrogen and oxygen atoms in total. The first kappa shape index (κ1) is 44.5. The standard InChI is InChI=1S/C53H61FN10O4/c1-33(45-28-41-40(11-18-56-49(41)59(45)2)38-7-9-47(55)57-30-38)62-21-14-36(15-22-62)35-3-5-37(6-4-35)51(67)63-19-12-34(13-20-63)31-60-23-25-61(26-24-60)32-39-27-42-46(29-43(39)54)64(52(68)53(42)16-17-53)44-8-10-48(65)58-50(44)66/h3-7,9,11,18,27-30,33-34,36,44H,8,10,12-17,19-26,31-32H2,1-2H3,(H2,55,57)(H,58,65,66)/t33-,44?/m0/s1. The highest BCUT2D eigenvalue weighted by atomic mass is 19.1. The number of anilines is 2. The number of carbonyl (C=O) groups is 4. The average Bonchev–Trinajstić information content (AvgIpc) is 4.05. The number of nitrogens with one attached hydrogen (secondary N) is 1. The first-order chi connectivity index (χ1) is 32.9. The predicted molar refractivity (Wildman–Crippen MR) is 258 cm³/mol. The van der Waals surface area contributed by atoms with Crippen LogP contribution in [0.3, 0.4) is 0 Å². The molecule has 1 saturated carbocycles. The summed E-state index contributed by atoms with van der Waals surface area (Å²) in [5.74, 6) is 0.264. The van der Waals surface area contributed by atoms with Crippen molar-refractivity contribution in [2.45, 2.75) is 88.3 Å². The fourth-order valence-corrected chi connectivity index (χ4v) is 12.0. The summed E-state index contributed by atoms with van der Waals surface area (Å²) in [6, 6.07) is 19.3. The lowest BCUT2D eigenvalue weighted by atomic mass is 9.88. The van der Waals surface area contributed by atoms with Gasteiger partial charge in [-0.05, 0) is 142 Å². The molecule has 4 amide bonds. The van der Waals surface area contributed by atoms with Crippen molar-refractivity contribution in [2.75, 3.05) is 69.5 Å². The molecule has 6 aliphatic rings. The zero-order valence-corrected chi connectivity index (χ0v) is 39.1. The molecule has 5 aliphatic heterocycles. The fraction of sp³-hybridized carbons (Fsp3) is 0.472. The Morgan fingerprint density at radius 1 is 0.868 bits per heavy atom. The molecule has 4 saturated heterocycles. The molecule has 3 aromatic heterocycles. The highest BCUT2D eigenvalue weighted by Gasteiger charge is 2.61. The molecule has 5 fully saturated rings. The molecular formula is C53H61FN10O4. The van der Waals surface area contributed by atoms with Crippen LogP contribution >= 0.6 is 0 Å². The normalized spacial score (nSPS) is 22.3. The van der Waals surface area contributed by atoms with Gasteiger partial charge in [0.05, 0.1) is 11.1 Å². The molecule has 11 rings (SSSR count). The molecule has 5 aromatic rings. The topological polar surface area (TPSA) is 153 Å². The van der Waals surface area contributed by atoms with Crippen molar-refractivity contribution in [3.05, 3.63) is 107 Å². The number of benzene rings is 2. The van der Waals surface area contributed by atoms with E-state index in [0.29, 0.717) is 48.3 Å². The van der Waals surface area contributed by atoms with E-state index < -0.39 is 17.4 Å². The lowest BCUT2D eigenvalue weighted by Gasteiger charge is -2.39. The number of piperidine rings is 3. The van der Waals surface area contributed by atoms with Gasteiger partial charge in [0.15, 0.2) is 0 Å². The largest absolute Gasteiger partial charge is 0.384 e. The summed E-state index contributed by atoms with van der Waals surface area (Å²) >= 11 is 0. The number of amides is 4. The third-order valence-corrected chi connectivity index (χ3v) is 16.3. The molecule has 0 bridgehead atoms. The second kappa shape index (κ2) is 17.8. The van der Waals surface area contributed by atoms with Crippen LogP contribution in [0.25, 0.3) is 22.2 Å². The Balaban J connectivity index is 0.633. The lowest BCUT2D eigenvalue weighted by molar-refractivity contribution is -0.135. The molecule has 15 heteroatoms. The van der Waals surface area contributed by atoms with Crippen LogP contribution < -0.4 is 16.0 Å². The van der Waals surface area contributed by atoms with E-state index in [0.717, 1.165) is 118 Å².